The number of ether oxygens (including phenoxy) is 4. The summed E-state index contributed by atoms with van der Waals surface area (Å²) in [5, 5.41) is 79.9. The van der Waals surface area contributed by atoms with Gasteiger partial charge >= 0.3 is 5.97 Å². The molecule has 1 aromatic carbocycles. The van der Waals surface area contributed by atoms with Crippen LogP contribution < -0.4 is 39.0 Å². The molecule has 5 aliphatic rings. The number of carboxylic acid groups (broad SMARTS) is 1. The molecule has 3 aliphatic heterocycles. The number of aliphatic hydroxyl groups is 7. The van der Waals surface area contributed by atoms with Gasteiger partial charge in [0.05, 0.1) is 23.7 Å². The SMILES string of the molecule is NC[C@H]1O[C@H](O[C@H]2[C@H](O)[C@@H](O[C@H]3O[C@H](CO)[C@@H](O)[C@H](N)[C@H]3O)[C@H](N)C[C@@H]2N)[C@H](O)[C@@H](O)[C@@H]1O.N[C@@H]1[C@H]2CN(c3nc4c(cc3F)c(=O)c(C(=O)O)cn4-c3ccc(F)cc3F)C[C@@H]12. The van der Waals surface area contributed by atoms with Crippen molar-refractivity contribution >= 4 is 22.8 Å². The van der Waals surface area contributed by atoms with Gasteiger partial charge in [-0.2, -0.15) is 0 Å². The highest BCUT2D eigenvalue weighted by atomic mass is 19.1. The highest BCUT2D eigenvalue weighted by Crippen LogP contribution is 2.45. The van der Waals surface area contributed by atoms with Crippen LogP contribution in [0.2, 0.25) is 0 Å². The summed E-state index contributed by atoms with van der Waals surface area (Å²) < 4.78 is 65.9. The van der Waals surface area contributed by atoms with Crippen LogP contribution in [0.3, 0.4) is 0 Å². The summed E-state index contributed by atoms with van der Waals surface area (Å²) in [4.78, 5) is 30.1. The standard InChI is InChI=1S/C20H15F3N4O3.C18H36N4O11/c21-8-1-2-15(13(22)3-8)27-7-12(20(29)30)17(28)9-4-14(23)19(25-18(9)27)26-5-10-11(6-26)16(10)24;19-2-6-10(25)12(27)13(28)18(30-6)33-16-5(21)1-4(20)15(14(16)29)32-17-11(26)8(22)9(24)7(3-23)31-17/h1-4,7,10-11,16H,5-6,24H2,(H,29,30);4-18,23-29H,1-3,19-22H2/t10-,11+,16+;4-,5+,6-,7-,8+,9-,10-,11-,12+,13-,14-,15+,16-,17-,18-/m.1/s1. The number of aliphatic hydroxyl groups excluding tert-OH is 7. The van der Waals surface area contributed by atoms with E-state index >= 15 is 0 Å². The molecule has 63 heavy (non-hydrogen) atoms. The van der Waals surface area contributed by atoms with E-state index in [9.17, 15) is 63.6 Å². The lowest BCUT2D eigenvalue weighted by atomic mass is 9.84. The molecule has 2 saturated carbocycles. The number of nitrogens with zero attached hydrogens (tertiary/aromatic N) is 3. The van der Waals surface area contributed by atoms with Gasteiger partial charge in [0.25, 0.3) is 0 Å². The molecule has 348 valence electrons. The molecular formula is C38H51F3N8O14. The Morgan fingerprint density at radius 2 is 1.40 bits per heavy atom. The zero-order valence-electron chi connectivity index (χ0n) is 33.2. The maximum atomic E-state index is 14.8. The minimum atomic E-state index is -1.66. The second kappa shape index (κ2) is 18.5. The van der Waals surface area contributed by atoms with Gasteiger partial charge in [0.15, 0.2) is 29.9 Å². The van der Waals surface area contributed by atoms with Crippen molar-refractivity contribution in [1.82, 2.24) is 9.55 Å². The van der Waals surface area contributed by atoms with E-state index in [1.54, 1.807) is 4.90 Å². The Balaban J connectivity index is 0.000000189. The number of benzene rings is 1. The van der Waals surface area contributed by atoms with E-state index in [2.05, 4.69) is 4.98 Å². The average molecular weight is 901 g/mol. The molecule has 0 radical (unpaired) electrons. The normalized spacial score (nSPS) is 38.8. The zero-order valence-corrected chi connectivity index (χ0v) is 33.2. The largest absolute Gasteiger partial charge is 0.477 e. The van der Waals surface area contributed by atoms with Gasteiger partial charge in [-0.15, -0.1) is 0 Å². The topological polar surface area (TPSA) is 384 Å². The van der Waals surface area contributed by atoms with Crippen LogP contribution in [0.5, 0.6) is 0 Å². The number of hydrogen-bond donors (Lipinski definition) is 13. The van der Waals surface area contributed by atoms with Crippen molar-refractivity contribution in [3.05, 3.63) is 63.7 Å². The van der Waals surface area contributed by atoms with Gasteiger partial charge in [-0.3, -0.25) is 9.36 Å². The van der Waals surface area contributed by atoms with Crippen molar-refractivity contribution in [3.8, 4) is 5.69 Å². The first-order valence-electron chi connectivity index (χ1n) is 20.0. The number of halogens is 3. The predicted octanol–water partition coefficient (Wildman–Crippen LogP) is -5.40. The minimum Gasteiger partial charge on any atom is -0.477 e. The minimum absolute atomic E-state index is 0.0272. The fourth-order valence-corrected chi connectivity index (χ4v) is 8.59. The quantitative estimate of drug-likeness (QED) is 0.0953. The van der Waals surface area contributed by atoms with Crippen molar-refractivity contribution < 1.29 is 77.8 Å². The molecule has 8 rings (SSSR count). The van der Waals surface area contributed by atoms with E-state index in [0.29, 0.717) is 19.2 Å². The number of carboxylic acids is 1. The second-order valence-corrected chi connectivity index (χ2v) is 16.4. The lowest BCUT2D eigenvalue weighted by Gasteiger charge is -2.48. The van der Waals surface area contributed by atoms with Crippen LogP contribution in [0.15, 0.2) is 35.3 Å². The lowest BCUT2D eigenvalue weighted by molar-refractivity contribution is -0.332. The molecule has 5 fully saturated rings. The van der Waals surface area contributed by atoms with Crippen LogP contribution in [0, 0.1) is 29.3 Å². The fraction of sp³-hybridized carbons (Fsp3) is 0.605. The third-order valence-corrected chi connectivity index (χ3v) is 12.4. The summed E-state index contributed by atoms with van der Waals surface area (Å²) in [5.41, 5.74) is 27.4. The predicted molar refractivity (Wildman–Crippen MR) is 209 cm³/mol. The molecular weight excluding hydrogens is 849 g/mol. The van der Waals surface area contributed by atoms with Crippen LogP contribution in [0.1, 0.15) is 16.8 Å². The molecule has 18 atom stereocenters. The number of carbonyl (C=O) groups is 1. The highest BCUT2D eigenvalue weighted by molar-refractivity contribution is 5.92. The molecule has 2 aromatic heterocycles. The molecule has 3 aromatic rings. The van der Waals surface area contributed by atoms with Gasteiger partial charge in [0, 0.05) is 50.0 Å². The Bertz CT molecular complexity index is 2150. The first-order valence-corrected chi connectivity index (χ1v) is 20.0. The number of aromatic carboxylic acids is 1. The zero-order chi connectivity index (χ0) is 45.9. The third kappa shape index (κ3) is 8.89. The second-order valence-electron chi connectivity index (χ2n) is 16.4. The first-order chi connectivity index (χ1) is 29.8. The van der Waals surface area contributed by atoms with Crippen molar-refractivity contribution in [2.45, 2.75) is 104 Å². The van der Waals surface area contributed by atoms with Crippen LogP contribution in [0.25, 0.3) is 16.7 Å². The number of pyridine rings is 2. The molecule has 22 nitrogen and oxygen atoms in total. The summed E-state index contributed by atoms with van der Waals surface area (Å²) >= 11 is 0. The number of nitrogens with two attached hydrogens (primary N) is 5. The van der Waals surface area contributed by atoms with E-state index in [0.717, 1.165) is 29.0 Å². The summed E-state index contributed by atoms with van der Waals surface area (Å²) in [6.45, 7) is 0.244. The summed E-state index contributed by atoms with van der Waals surface area (Å²) in [5.74, 6) is -3.70. The first kappa shape index (κ1) is 47.0. The van der Waals surface area contributed by atoms with Gasteiger partial charge in [-0.25, -0.2) is 22.9 Å². The van der Waals surface area contributed by atoms with Crippen LogP contribution in [0.4, 0.5) is 19.0 Å². The molecule has 2 aliphatic carbocycles. The molecule has 5 heterocycles. The molecule has 0 unspecified atom stereocenters. The van der Waals surface area contributed by atoms with Gasteiger partial charge in [0.2, 0.25) is 5.43 Å². The molecule has 25 heteroatoms. The molecule has 0 spiro atoms. The molecule has 3 saturated heterocycles. The van der Waals surface area contributed by atoms with Gasteiger partial charge < -0.3 is 93.4 Å². The lowest BCUT2D eigenvalue weighted by Crippen LogP contribution is -2.68. The van der Waals surface area contributed by atoms with Gasteiger partial charge in [-0.1, -0.05) is 0 Å². The number of piperidine rings is 1. The van der Waals surface area contributed by atoms with Crippen molar-refractivity contribution in [2.24, 2.45) is 40.5 Å². The molecule has 0 amide bonds. The van der Waals surface area contributed by atoms with Crippen LogP contribution in [-0.4, -0.2) is 180 Å². The third-order valence-electron chi connectivity index (χ3n) is 12.4. The fourth-order valence-electron chi connectivity index (χ4n) is 8.59. The smallest absolute Gasteiger partial charge is 0.341 e. The van der Waals surface area contributed by atoms with Gasteiger partial charge in [0.1, 0.15) is 78.2 Å². The summed E-state index contributed by atoms with van der Waals surface area (Å²) in [7, 11) is 0. The summed E-state index contributed by atoms with van der Waals surface area (Å²) in [6.07, 6.45) is -15.5. The van der Waals surface area contributed by atoms with Crippen LogP contribution in [-0.2, 0) is 18.9 Å². The van der Waals surface area contributed by atoms with E-state index in [1.807, 2.05) is 0 Å². The van der Waals surface area contributed by atoms with Gasteiger partial charge in [-0.05, 0) is 36.5 Å². The van der Waals surface area contributed by atoms with E-state index in [4.69, 9.17) is 47.6 Å². The highest BCUT2D eigenvalue weighted by Gasteiger charge is 2.55. The van der Waals surface area contributed by atoms with E-state index in [-0.39, 0.29) is 53.4 Å². The number of hydrogen-bond acceptors (Lipinski definition) is 20. The average Bonchev–Trinajstić information content (AvgIpc) is 3.60. The van der Waals surface area contributed by atoms with Crippen molar-refractivity contribution in [3.63, 3.8) is 0 Å². The Kier molecular flexibility index (Phi) is 13.8. The van der Waals surface area contributed by atoms with Crippen molar-refractivity contribution in [2.75, 3.05) is 31.1 Å². The monoisotopic (exact) mass is 900 g/mol. The summed E-state index contributed by atoms with van der Waals surface area (Å²) in [6, 6.07) is 0.833. The Morgan fingerprint density at radius 3 is 1.97 bits per heavy atom. The van der Waals surface area contributed by atoms with Crippen LogP contribution >= 0.6 is 0 Å². The molecule has 18 N–H and O–H groups in total. The number of aromatic nitrogens is 2. The maximum absolute atomic E-state index is 14.8. The molecule has 0 bridgehead atoms. The van der Waals surface area contributed by atoms with E-state index < -0.39 is 133 Å². The number of rotatable bonds is 9. The number of fused-ring (bicyclic) bond motifs is 2. The van der Waals surface area contributed by atoms with E-state index in [1.165, 1.54) is 0 Å². The maximum Gasteiger partial charge on any atom is 0.341 e. The van der Waals surface area contributed by atoms with Crippen molar-refractivity contribution in [1.29, 1.82) is 0 Å². The Hall–Kier alpha value is -4.00. The number of anilines is 1. The Morgan fingerprint density at radius 1 is 0.794 bits per heavy atom. The Labute approximate surface area is 355 Å².